The van der Waals surface area contributed by atoms with Gasteiger partial charge < -0.3 is 5.73 Å². The lowest BCUT2D eigenvalue weighted by Crippen LogP contribution is -1.90. The second-order valence-electron chi connectivity index (χ2n) is 1.55. The summed E-state index contributed by atoms with van der Waals surface area (Å²) in [5.74, 6) is 0.306. The van der Waals surface area contributed by atoms with Crippen molar-refractivity contribution in [2.24, 2.45) is 0 Å². The number of rotatable bonds is 1. The van der Waals surface area contributed by atoms with Crippen molar-refractivity contribution in [2.75, 3.05) is 5.73 Å². The van der Waals surface area contributed by atoms with Crippen molar-refractivity contribution in [1.82, 2.24) is 4.98 Å². The summed E-state index contributed by atoms with van der Waals surface area (Å²) in [5, 5.41) is 0. The number of nitrogens with two attached hydrogens (primary N) is 1. The van der Waals surface area contributed by atoms with Gasteiger partial charge in [0.15, 0.2) is 6.29 Å². The third-order valence-corrected chi connectivity index (χ3v) is 0.876. The summed E-state index contributed by atoms with van der Waals surface area (Å²) < 4.78 is 0. The van der Waals surface area contributed by atoms with E-state index in [0.717, 1.165) is 0 Å². The van der Waals surface area contributed by atoms with E-state index in [2.05, 4.69) is 11.1 Å². The Kier molecular flexibility index (Phi) is 1.44. The van der Waals surface area contributed by atoms with Gasteiger partial charge in [0, 0.05) is 17.8 Å². The first-order valence-corrected chi connectivity index (χ1v) is 2.41. The first-order valence-electron chi connectivity index (χ1n) is 2.41. The molecule has 45 valence electrons. The van der Waals surface area contributed by atoms with Gasteiger partial charge >= 0.3 is 0 Å². The molecule has 0 aliphatic heterocycles. The third kappa shape index (κ3) is 1.25. The minimum Gasteiger partial charge on any atom is -0.383 e. The highest BCUT2D eigenvalue weighted by atomic mass is 16.1. The lowest BCUT2D eigenvalue weighted by Gasteiger charge is -1.88. The second-order valence-corrected chi connectivity index (χ2v) is 1.55. The number of aldehydes is 1. The fraction of sp³-hybridized carbons (Fsp3) is 0. The van der Waals surface area contributed by atoms with Crippen molar-refractivity contribution in [3.63, 3.8) is 0 Å². The molecule has 0 unspecified atom stereocenters. The van der Waals surface area contributed by atoms with E-state index in [1.807, 2.05) is 0 Å². The minimum absolute atomic E-state index is 0.306. The molecule has 0 saturated carbocycles. The van der Waals surface area contributed by atoms with Crippen molar-refractivity contribution in [3.8, 4) is 0 Å². The van der Waals surface area contributed by atoms with Crippen LogP contribution in [0.4, 0.5) is 5.82 Å². The van der Waals surface area contributed by atoms with Crippen molar-refractivity contribution >= 4 is 12.1 Å². The Morgan fingerprint density at radius 1 is 1.78 bits per heavy atom. The SMILES string of the molecule is Nc1[c]cc(C=O)cn1. The highest BCUT2D eigenvalue weighted by molar-refractivity contribution is 5.74. The number of nitrogen functional groups attached to an aromatic ring is 1. The summed E-state index contributed by atoms with van der Waals surface area (Å²) in [4.78, 5) is 13.7. The van der Waals surface area contributed by atoms with Crippen LogP contribution in [-0.4, -0.2) is 11.3 Å². The highest BCUT2D eigenvalue weighted by Gasteiger charge is 1.87. The normalized spacial score (nSPS) is 8.89. The maximum atomic E-state index is 10.0. The van der Waals surface area contributed by atoms with Crippen LogP contribution in [0.2, 0.25) is 0 Å². The summed E-state index contributed by atoms with van der Waals surface area (Å²) in [6, 6.07) is 4.08. The average molecular weight is 121 g/mol. The van der Waals surface area contributed by atoms with Crippen LogP contribution in [0.5, 0.6) is 0 Å². The van der Waals surface area contributed by atoms with Gasteiger partial charge in [0.2, 0.25) is 0 Å². The van der Waals surface area contributed by atoms with E-state index in [1.54, 1.807) is 0 Å². The Balaban J connectivity index is 3.01. The van der Waals surface area contributed by atoms with Crippen molar-refractivity contribution in [3.05, 3.63) is 23.9 Å². The number of aromatic nitrogens is 1. The second kappa shape index (κ2) is 2.26. The number of carbonyl (C=O) groups is 1. The molecule has 0 bridgehead atoms. The van der Waals surface area contributed by atoms with E-state index in [9.17, 15) is 4.79 Å². The molecule has 0 amide bonds. The molecule has 1 heterocycles. The Labute approximate surface area is 52.5 Å². The quantitative estimate of drug-likeness (QED) is 0.543. The molecular weight excluding hydrogens is 116 g/mol. The summed E-state index contributed by atoms with van der Waals surface area (Å²) in [6.07, 6.45) is 2.10. The number of carbonyl (C=O) groups excluding carboxylic acids is 1. The zero-order valence-electron chi connectivity index (χ0n) is 4.66. The van der Waals surface area contributed by atoms with Gasteiger partial charge in [-0.25, -0.2) is 4.98 Å². The molecule has 0 aliphatic rings. The average Bonchev–Trinajstić information content (AvgIpc) is 1.90. The Morgan fingerprint density at radius 2 is 2.56 bits per heavy atom. The summed E-state index contributed by atoms with van der Waals surface area (Å²) in [6.45, 7) is 0. The van der Waals surface area contributed by atoms with Gasteiger partial charge in [0.25, 0.3) is 0 Å². The van der Waals surface area contributed by atoms with Crippen molar-refractivity contribution < 1.29 is 4.79 Å². The van der Waals surface area contributed by atoms with Crippen LogP contribution >= 0.6 is 0 Å². The van der Waals surface area contributed by atoms with E-state index in [0.29, 0.717) is 17.7 Å². The van der Waals surface area contributed by atoms with Gasteiger partial charge in [-0.1, -0.05) is 0 Å². The van der Waals surface area contributed by atoms with Crippen LogP contribution in [0.25, 0.3) is 0 Å². The first kappa shape index (κ1) is 5.75. The molecule has 0 atom stereocenters. The predicted octanol–water partition coefficient (Wildman–Crippen LogP) is 0.276. The fourth-order valence-electron chi connectivity index (χ4n) is 0.440. The summed E-state index contributed by atoms with van der Waals surface area (Å²) in [7, 11) is 0. The standard InChI is InChI=1S/C6H5N2O/c7-6-2-1-5(4-9)3-8-6/h1,3-4H,(H2,7,8). The Hall–Kier alpha value is -1.38. The molecule has 0 fully saturated rings. The molecule has 0 aromatic carbocycles. The van der Waals surface area contributed by atoms with E-state index >= 15 is 0 Å². The van der Waals surface area contributed by atoms with E-state index in [4.69, 9.17) is 5.73 Å². The molecule has 0 aliphatic carbocycles. The van der Waals surface area contributed by atoms with Crippen LogP contribution in [0.3, 0.4) is 0 Å². The largest absolute Gasteiger partial charge is 0.383 e. The highest BCUT2D eigenvalue weighted by Crippen LogP contribution is 1.95. The molecule has 9 heavy (non-hydrogen) atoms. The summed E-state index contributed by atoms with van der Waals surface area (Å²) >= 11 is 0. The predicted molar refractivity (Wildman–Crippen MR) is 32.9 cm³/mol. The molecule has 2 N–H and O–H groups in total. The molecule has 1 aromatic heterocycles. The van der Waals surface area contributed by atoms with E-state index in [-0.39, 0.29) is 0 Å². The smallest absolute Gasteiger partial charge is 0.151 e. The van der Waals surface area contributed by atoms with Gasteiger partial charge in [-0.2, -0.15) is 0 Å². The topological polar surface area (TPSA) is 56.0 Å². The molecular formula is C6H5N2O. The number of hydrogen-bond acceptors (Lipinski definition) is 3. The third-order valence-electron chi connectivity index (χ3n) is 0.876. The van der Waals surface area contributed by atoms with Gasteiger partial charge in [0.1, 0.15) is 5.82 Å². The number of pyridine rings is 1. The first-order chi connectivity index (χ1) is 4.33. The zero-order chi connectivity index (χ0) is 6.69. The van der Waals surface area contributed by atoms with E-state index in [1.165, 1.54) is 12.3 Å². The van der Waals surface area contributed by atoms with Gasteiger partial charge in [-0.3, -0.25) is 4.79 Å². The lowest BCUT2D eigenvalue weighted by molar-refractivity contribution is 0.112. The molecule has 0 spiro atoms. The Bertz CT molecular complexity index is 205. The minimum atomic E-state index is 0.306. The molecule has 0 saturated heterocycles. The fourth-order valence-corrected chi connectivity index (χ4v) is 0.440. The van der Waals surface area contributed by atoms with E-state index < -0.39 is 0 Å². The number of hydrogen-bond donors (Lipinski definition) is 1. The van der Waals surface area contributed by atoms with Gasteiger partial charge in [-0.05, 0) is 6.07 Å². The van der Waals surface area contributed by atoms with Crippen LogP contribution in [0.1, 0.15) is 10.4 Å². The van der Waals surface area contributed by atoms with Crippen LogP contribution < -0.4 is 5.73 Å². The maximum absolute atomic E-state index is 10.0. The number of anilines is 1. The van der Waals surface area contributed by atoms with Gasteiger partial charge in [0.05, 0.1) is 0 Å². The number of nitrogens with zero attached hydrogens (tertiary/aromatic N) is 1. The Morgan fingerprint density at radius 3 is 3.00 bits per heavy atom. The van der Waals surface area contributed by atoms with Crippen LogP contribution in [0.15, 0.2) is 12.3 Å². The lowest BCUT2D eigenvalue weighted by atomic mass is 10.3. The monoisotopic (exact) mass is 121 g/mol. The van der Waals surface area contributed by atoms with Crippen LogP contribution in [0, 0.1) is 6.07 Å². The van der Waals surface area contributed by atoms with Crippen LogP contribution in [-0.2, 0) is 0 Å². The van der Waals surface area contributed by atoms with Crippen molar-refractivity contribution in [2.45, 2.75) is 0 Å². The molecule has 1 radical (unpaired) electrons. The van der Waals surface area contributed by atoms with Gasteiger partial charge in [-0.15, -0.1) is 0 Å². The molecule has 3 heteroatoms. The maximum Gasteiger partial charge on any atom is 0.151 e. The molecule has 1 aromatic rings. The molecule has 3 nitrogen and oxygen atoms in total. The van der Waals surface area contributed by atoms with Crippen molar-refractivity contribution in [1.29, 1.82) is 0 Å². The summed E-state index contributed by atoms with van der Waals surface area (Å²) in [5.41, 5.74) is 5.69. The molecule has 1 rings (SSSR count). The zero-order valence-corrected chi connectivity index (χ0v) is 4.66.